The zero-order valence-electron chi connectivity index (χ0n) is 10.0. The molecule has 0 bridgehead atoms. The number of hydrogen-bond acceptors (Lipinski definition) is 3. The van der Waals surface area contributed by atoms with Crippen molar-refractivity contribution in [1.29, 1.82) is 0 Å². The number of hydrogen-bond donors (Lipinski definition) is 1. The van der Waals surface area contributed by atoms with Crippen molar-refractivity contribution >= 4 is 28.5 Å². The van der Waals surface area contributed by atoms with Crippen molar-refractivity contribution in [3.05, 3.63) is 40.0 Å². The second-order valence-corrected chi connectivity index (χ2v) is 4.39. The number of carboxylic acid groups (broad SMARTS) is 1. The van der Waals surface area contributed by atoms with Crippen LogP contribution in [0, 0.1) is 6.92 Å². The molecule has 0 fully saturated rings. The van der Waals surface area contributed by atoms with E-state index in [0.29, 0.717) is 27.2 Å². The Kier molecular flexibility index (Phi) is 3.50. The standard InChI is InChI=1S/C13H12ClNO3/c1-7-10(6-18-2)12(13(16)17)9-5-8(14)3-4-11(9)15-7/h3-5H,6H2,1-2H3,(H,16,17). The minimum absolute atomic E-state index is 0.210. The Bertz CT molecular complexity index is 625. The average Bonchev–Trinajstić information content (AvgIpc) is 2.30. The molecule has 1 aromatic carbocycles. The number of carboxylic acids is 1. The summed E-state index contributed by atoms with van der Waals surface area (Å²) in [4.78, 5) is 15.8. The lowest BCUT2D eigenvalue weighted by Crippen LogP contribution is -2.08. The van der Waals surface area contributed by atoms with Gasteiger partial charge in [0.15, 0.2) is 0 Å². The second-order valence-electron chi connectivity index (χ2n) is 3.95. The van der Waals surface area contributed by atoms with Crippen LogP contribution in [0.1, 0.15) is 21.6 Å². The molecule has 1 N–H and O–H groups in total. The lowest BCUT2D eigenvalue weighted by atomic mass is 10.0. The van der Waals surface area contributed by atoms with Crippen molar-refractivity contribution in [2.75, 3.05) is 7.11 Å². The molecule has 2 rings (SSSR count). The minimum atomic E-state index is -1.00. The molecule has 4 nitrogen and oxygen atoms in total. The molecule has 1 heterocycles. The first-order valence-electron chi connectivity index (χ1n) is 5.35. The number of benzene rings is 1. The van der Waals surface area contributed by atoms with Gasteiger partial charge in [-0.15, -0.1) is 0 Å². The van der Waals surface area contributed by atoms with Crippen molar-refractivity contribution in [2.45, 2.75) is 13.5 Å². The van der Waals surface area contributed by atoms with Gasteiger partial charge in [0.05, 0.1) is 17.7 Å². The Labute approximate surface area is 109 Å². The Hall–Kier alpha value is -1.65. The van der Waals surface area contributed by atoms with E-state index < -0.39 is 5.97 Å². The van der Waals surface area contributed by atoms with Crippen molar-refractivity contribution in [3.8, 4) is 0 Å². The Morgan fingerprint density at radius 1 is 1.50 bits per heavy atom. The van der Waals surface area contributed by atoms with Gasteiger partial charge in [0.1, 0.15) is 0 Å². The maximum atomic E-state index is 11.4. The minimum Gasteiger partial charge on any atom is -0.478 e. The molecule has 0 atom stereocenters. The van der Waals surface area contributed by atoms with Gasteiger partial charge < -0.3 is 9.84 Å². The highest BCUT2D eigenvalue weighted by atomic mass is 35.5. The Morgan fingerprint density at radius 3 is 2.83 bits per heavy atom. The van der Waals surface area contributed by atoms with Gasteiger partial charge in [-0.25, -0.2) is 4.79 Å². The number of ether oxygens (including phenoxy) is 1. The normalized spacial score (nSPS) is 10.8. The number of rotatable bonds is 3. The van der Waals surface area contributed by atoms with Crippen LogP contribution in [0.2, 0.25) is 5.02 Å². The van der Waals surface area contributed by atoms with Crippen LogP contribution in [0.5, 0.6) is 0 Å². The number of nitrogens with zero attached hydrogens (tertiary/aromatic N) is 1. The van der Waals surface area contributed by atoms with Crippen molar-refractivity contribution < 1.29 is 14.6 Å². The van der Waals surface area contributed by atoms with E-state index >= 15 is 0 Å². The van der Waals surface area contributed by atoms with Crippen molar-refractivity contribution in [1.82, 2.24) is 4.98 Å². The third-order valence-corrected chi connectivity index (χ3v) is 2.99. The predicted octanol–water partition coefficient (Wildman–Crippen LogP) is 3.04. The molecular formula is C13H12ClNO3. The number of pyridine rings is 1. The smallest absolute Gasteiger partial charge is 0.336 e. The lowest BCUT2D eigenvalue weighted by molar-refractivity contribution is 0.0694. The highest BCUT2D eigenvalue weighted by Gasteiger charge is 2.18. The van der Waals surface area contributed by atoms with Crippen LogP contribution in [-0.2, 0) is 11.3 Å². The maximum absolute atomic E-state index is 11.4. The average molecular weight is 266 g/mol. The highest BCUT2D eigenvalue weighted by Crippen LogP contribution is 2.26. The Balaban J connectivity index is 2.86. The quantitative estimate of drug-likeness (QED) is 0.927. The molecule has 94 valence electrons. The molecule has 0 saturated heterocycles. The van der Waals surface area contributed by atoms with Crippen LogP contribution < -0.4 is 0 Å². The summed E-state index contributed by atoms with van der Waals surface area (Å²) in [6.07, 6.45) is 0. The Morgan fingerprint density at radius 2 is 2.22 bits per heavy atom. The zero-order chi connectivity index (χ0) is 13.3. The first kappa shape index (κ1) is 12.8. The fraction of sp³-hybridized carbons (Fsp3) is 0.231. The molecule has 0 unspecified atom stereocenters. The van der Waals surface area contributed by atoms with Crippen LogP contribution >= 0.6 is 11.6 Å². The van der Waals surface area contributed by atoms with Crippen LogP contribution in [0.4, 0.5) is 0 Å². The number of fused-ring (bicyclic) bond motifs is 1. The number of aromatic carboxylic acids is 1. The largest absolute Gasteiger partial charge is 0.478 e. The van der Waals surface area contributed by atoms with E-state index in [1.807, 2.05) is 0 Å². The monoisotopic (exact) mass is 265 g/mol. The summed E-state index contributed by atoms with van der Waals surface area (Å²) in [6.45, 7) is 1.98. The van der Waals surface area contributed by atoms with Gasteiger partial charge in [0.25, 0.3) is 0 Å². The summed E-state index contributed by atoms with van der Waals surface area (Å²) in [7, 11) is 1.52. The van der Waals surface area contributed by atoms with Gasteiger partial charge in [-0.2, -0.15) is 0 Å². The van der Waals surface area contributed by atoms with Crippen molar-refractivity contribution in [2.24, 2.45) is 0 Å². The molecule has 2 aromatic rings. The van der Waals surface area contributed by atoms with E-state index in [1.54, 1.807) is 25.1 Å². The van der Waals surface area contributed by atoms with E-state index in [1.165, 1.54) is 7.11 Å². The number of halogens is 1. The fourth-order valence-corrected chi connectivity index (χ4v) is 2.13. The summed E-state index contributed by atoms with van der Waals surface area (Å²) in [6, 6.07) is 5.03. The number of carbonyl (C=O) groups is 1. The fourth-order valence-electron chi connectivity index (χ4n) is 1.96. The van der Waals surface area contributed by atoms with Crippen LogP contribution in [0.15, 0.2) is 18.2 Å². The summed E-state index contributed by atoms with van der Waals surface area (Å²) in [5.41, 5.74) is 2.07. The molecule has 0 saturated carbocycles. The molecule has 1 aromatic heterocycles. The van der Waals surface area contributed by atoms with Gasteiger partial charge in [-0.1, -0.05) is 11.6 Å². The topological polar surface area (TPSA) is 59.4 Å². The number of methoxy groups -OCH3 is 1. The van der Waals surface area contributed by atoms with Crippen LogP contribution in [-0.4, -0.2) is 23.2 Å². The number of aromatic nitrogens is 1. The summed E-state index contributed by atoms with van der Waals surface area (Å²) < 4.78 is 5.04. The van der Waals surface area contributed by atoms with E-state index in [9.17, 15) is 9.90 Å². The highest BCUT2D eigenvalue weighted by molar-refractivity contribution is 6.31. The summed E-state index contributed by atoms with van der Waals surface area (Å²) in [5, 5.41) is 10.4. The molecule has 0 aliphatic carbocycles. The summed E-state index contributed by atoms with van der Waals surface area (Å²) >= 11 is 5.91. The molecule has 0 amide bonds. The maximum Gasteiger partial charge on any atom is 0.336 e. The van der Waals surface area contributed by atoms with E-state index in [0.717, 1.165) is 0 Å². The molecule has 0 spiro atoms. The summed E-state index contributed by atoms with van der Waals surface area (Å²) in [5.74, 6) is -1.00. The van der Waals surface area contributed by atoms with Gasteiger partial charge in [0, 0.05) is 28.8 Å². The van der Waals surface area contributed by atoms with Gasteiger partial charge in [0.2, 0.25) is 0 Å². The van der Waals surface area contributed by atoms with Gasteiger partial charge >= 0.3 is 5.97 Å². The predicted molar refractivity (Wildman–Crippen MR) is 69.2 cm³/mol. The van der Waals surface area contributed by atoms with E-state index in [4.69, 9.17) is 16.3 Å². The van der Waals surface area contributed by atoms with Crippen LogP contribution in [0.3, 0.4) is 0 Å². The van der Waals surface area contributed by atoms with Gasteiger partial charge in [-0.05, 0) is 25.1 Å². The second kappa shape index (κ2) is 4.92. The molecule has 5 heteroatoms. The van der Waals surface area contributed by atoms with Crippen molar-refractivity contribution in [3.63, 3.8) is 0 Å². The zero-order valence-corrected chi connectivity index (χ0v) is 10.8. The van der Waals surface area contributed by atoms with E-state index in [2.05, 4.69) is 4.98 Å². The first-order chi connectivity index (χ1) is 8.54. The molecule has 0 aliphatic rings. The molecular weight excluding hydrogens is 254 g/mol. The third kappa shape index (κ3) is 2.17. The molecule has 0 aliphatic heterocycles. The first-order valence-corrected chi connectivity index (χ1v) is 5.73. The SMILES string of the molecule is COCc1c(C)nc2ccc(Cl)cc2c1C(=O)O. The van der Waals surface area contributed by atoms with Gasteiger partial charge in [-0.3, -0.25) is 4.98 Å². The van der Waals surface area contributed by atoms with Crippen LogP contribution in [0.25, 0.3) is 10.9 Å². The number of aryl methyl sites for hydroxylation is 1. The van der Waals surface area contributed by atoms with E-state index in [-0.39, 0.29) is 12.2 Å². The molecule has 0 radical (unpaired) electrons. The third-order valence-electron chi connectivity index (χ3n) is 2.76. The lowest BCUT2D eigenvalue weighted by Gasteiger charge is -2.12. The molecule has 18 heavy (non-hydrogen) atoms.